The fourth-order valence-corrected chi connectivity index (χ4v) is 3.06. The molecular formula is C14H12N2O4S. The molecule has 0 bridgehead atoms. The van der Waals surface area contributed by atoms with Crippen molar-refractivity contribution in [1.29, 1.82) is 0 Å². The molecule has 0 unspecified atom stereocenters. The van der Waals surface area contributed by atoms with Gasteiger partial charge in [0.2, 0.25) is 0 Å². The van der Waals surface area contributed by atoms with E-state index in [-0.39, 0.29) is 11.1 Å². The summed E-state index contributed by atoms with van der Waals surface area (Å²) < 4.78 is 11.4. The minimum Gasteiger partial charge on any atom is -0.465 e. The molecule has 0 saturated carbocycles. The van der Waals surface area contributed by atoms with E-state index in [1.807, 2.05) is 12.3 Å². The van der Waals surface area contributed by atoms with Crippen LogP contribution in [0.4, 0.5) is 0 Å². The summed E-state index contributed by atoms with van der Waals surface area (Å²) in [6.45, 7) is 0. The fourth-order valence-electron chi connectivity index (χ4n) is 2.48. The molecule has 0 aliphatic carbocycles. The Morgan fingerprint density at radius 3 is 2.43 bits per heavy atom. The second-order valence-corrected chi connectivity index (χ2v) is 5.10. The topological polar surface area (TPSA) is 69.9 Å². The number of rotatable bonds is 3. The van der Waals surface area contributed by atoms with Crippen LogP contribution in [0, 0.1) is 0 Å². The molecule has 0 aliphatic heterocycles. The van der Waals surface area contributed by atoms with Crippen molar-refractivity contribution in [2.24, 2.45) is 0 Å². The van der Waals surface area contributed by atoms with Crippen molar-refractivity contribution in [1.82, 2.24) is 9.38 Å². The van der Waals surface area contributed by atoms with Crippen LogP contribution in [0.5, 0.6) is 0 Å². The first kappa shape index (κ1) is 13.7. The maximum absolute atomic E-state index is 12.2. The average molecular weight is 304 g/mol. The Morgan fingerprint density at radius 1 is 1.14 bits per heavy atom. The van der Waals surface area contributed by atoms with Crippen LogP contribution in [0.3, 0.4) is 0 Å². The maximum Gasteiger partial charge on any atom is 0.341 e. The summed E-state index contributed by atoms with van der Waals surface area (Å²) in [6.07, 6.45) is 1.86. The van der Waals surface area contributed by atoms with Gasteiger partial charge < -0.3 is 9.47 Å². The fraction of sp³-hybridized carbons (Fsp3) is 0.214. The van der Waals surface area contributed by atoms with E-state index in [0.29, 0.717) is 21.7 Å². The summed E-state index contributed by atoms with van der Waals surface area (Å²) in [5.41, 5.74) is 2.25. The Hall–Kier alpha value is -2.28. The van der Waals surface area contributed by atoms with Gasteiger partial charge in [-0.05, 0) is 18.4 Å². The third kappa shape index (κ3) is 1.77. The van der Waals surface area contributed by atoms with Crippen molar-refractivity contribution >= 4 is 40.4 Å². The van der Waals surface area contributed by atoms with Crippen LogP contribution in [0.15, 0.2) is 23.2 Å². The Bertz CT molecular complexity index is 855. The van der Waals surface area contributed by atoms with Gasteiger partial charge in [-0.3, -0.25) is 4.40 Å². The maximum atomic E-state index is 12.2. The van der Waals surface area contributed by atoms with Crippen LogP contribution in [-0.2, 0) is 9.47 Å². The molecule has 3 aromatic rings. The minimum atomic E-state index is -0.580. The highest BCUT2D eigenvalue weighted by Crippen LogP contribution is 2.34. The molecule has 0 saturated heterocycles. The second kappa shape index (κ2) is 4.92. The van der Waals surface area contributed by atoms with Gasteiger partial charge in [-0.1, -0.05) is 6.07 Å². The molecule has 6 nitrogen and oxygen atoms in total. The van der Waals surface area contributed by atoms with Crippen molar-refractivity contribution in [3.8, 4) is 0 Å². The molecule has 3 heterocycles. The summed E-state index contributed by atoms with van der Waals surface area (Å²) in [7, 11) is 2.57. The molecular weight excluding hydrogens is 292 g/mol. The van der Waals surface area contributed by atoms with Crippen LogP contribution in [0.25, 0.3) is 16.7 Å². The Morgan fingerprint density at radius 2 is 1.81 bits per heavy atom. The smallest absolute Gasteiger partial charge is 0.341 e. The quantitative estimate of drug-likeness (QED) is 0.546. The number of carbonyl (C=O) groups excluding carboxylic acids is 2. The molecule has 0 N–H and O–H groups in total. The molecule has 0 aliphatic rings. The number of ether oxygens (including phenoxy) is 2. The number of esters is 2. The number of aromatic nitrogens is 2. The lowest BCUT2D eigenvalue weighted by molar-refractivity contribution is 0.0559. The van der Waals surface area contributed by atoms with Gasteiger partial charge in [0.15, 0.2) is 0 Å². The number of hydrogen-bond acceptors (Lipinski definition) is 6. The second-order valence-electron chi connectivity index (χ2n) is 4.31. The van der Waals surface area contributed by atoms with E-state index in [9.17, 15) is 9.59 Å². The first-order chi connectivity index (χ1) is 10.1. The van der Waals surface area contributed by atoms with Crippen molar-refractivity contribution in [3.63, 3.8) is 0 Å². The standard InChI is InChI=1S/C14H12N2O4S/c1-19-13(17)9-7-5-4-6-8-15-12(21-3)11(16(7)8)10(9)14(18)20-2/h4-6H,1-3H3. The highest BCUT2D eigenvalue weighted by atomic mass is 32.2. The van der Waals surface area contributed by atoms with Gasteiger partial charge in [-0.2, -0.15) is 0 Å². The third-order valence-corrected chi connectivity index (χ3v) is 4.00. The molecule has 3 aromatic heterocycles. The van der Waals surface area contributed by atoms with Gasteiger partial charge in [0.1, 0.15) is 21.8 Å². The zero-order chi connectivity index (χ0) is 15.1. The van der Waals surface area contributed by atoms with E-state index in [4.69, 9.17) is 9.47 Å². The van der Waals surface area contributed by atoms with Crippen molar-refractivity contribution in [3.05, 3.63) is 29.3 Å². The molecule has 0 fully saturated rings. The van der Waals surface area contributed by atoms with E-state index in [2.05, 4.69) is 4.98 Å². The molecule has 21 heavy (non-hydrogen) atoms. The van der Waals surface area contributed by atoms with Gasteiger partial charge in [-0.25, -0.2) is 14.6 Å². The zero-order valence-corrected chi connectivity index (χ0v) is 12.5. The molecule has 3 rings (SSSR count). The molecule has 7 heteroatoms. The van der Waals surface area contributed by atoms with Crippen LogP contribution < -0.4 is 0 Å². The number of carbonyl (C=O) groups is 2. The lowest BCUT2D eigenvalue weighted by Gasteiger charge is -2.02. The summed E-state index contributed by atoms with van der Waals surface area (Å²) in [6, 6.07) is 5.36. The summed E-state index contributed by atoms with van der Waals surface area (Å²) in [5.74, 6) is -1.15. The molecule has 0 atom stereocenters. The van der Waals surface area contributed by atoms with Crippen molar-refractivity contribution in [2.75, 3.05) is 20.5 Å². The lowest BCUT2D eigenvalue weighted by Crippen LogP contribution is -2.10. The van der Waals surface area contributed by atoms with Crippen molar-refractivity contribution in [2.45, 2.75) is 5.03 Å². The van der Waals surface area contributed by atoms with Gasteiger partial charge in [0.05, 0.1) is 25.3 Å². The molecule has 108 valence electrons. The third-order valence-electron chi connectivity index (χ3n) is 3.33. The Labute approximate surface area is 124 Å². The highest BCUT2D eigenvalue weighted by molar-refractivity contribution is 7.98. The number of methoxy groups -OCH3 is 2. The van der Waals surface area contributed by atoms with Gasteiger partial charge >= 0.3 is 11.9 Å². The monoisotopic (exact) mass is 304 g/mol. The minimum absolute atomic E-state index is 0.197. The Balaban J connectivity index is 2.54. The number of imidazole rings is 1. The van der Waals surface area contributed by atoms with E-state index in [1.54, 1.807) is 16.5 Å². The first-order valence-electron chi connectivity index (χ1n) is 6.11. The van der Waals surface area contributed by atoms with Gasteiger partial charge in [0, 0.05) is 0 Å². The summed E-state index contributed by atoms with van der Waals surface area (Å²) >= 11 is 1.41. The van der Waals surface area contributed by atoms with Gasteiger partial charge in [0.25, 0.3) is 0 Å². The highest BCUT2D eigenvalue weighted by Gasteiger charge is 2.31. The number of hydrogen-bond donors (Lipinski definition) is 0. The van der Waals surface area contributed by atoms with E-state index < -0.39 is 11.9 Å². The molecule has 0 aromatic carbocycles. The van der Waals surface area contributed by atoms with Crippen LogP contribution in [-0.4, -0.2) is 41.8 Å². The number of pyridine rings is 1. The van der Waals surface area contributed by atoms with Crippen LogP contribution in [0.1, 0.15) is 20.7 Å². The molecule has 0 spiro atoms. The van der Waals surface area contributed by atoms with E-state index in [0.717, 1.165) is 0 Å². The van der Waals surface area contributed by atoms with Crippen molar-refractivity contribution < 1.29 is 19.1 Å². The van der Waals surface area contributed by atoms with E-state index in [1.165, 1.54) is 26.0 Å². The summed E-state index contributed by atoms with van der Waals surface area (Å²) in [4.78, 5) is 28.8. The number of thioether (sulfide) groups is 1. The SMILES string of the molecule is COC(=O)c1c(C(=O)OC)c2c(SC)nc3cccc1n32. The Kier molecular flexibility index (Phi) is 3.21. The predicted octanol–water partition coefficient (Wildman–Crippen LogP) is 2.22. The van der Waals surface area contributed by atoms with Crippen LogP contribution in [0.2, 0.25) is 0 Å². The normalized spacial score (nSPS) is 11.2. The largest absolute Gasteiger partial charge is 0.465 e. The molecule has 0 radical (unpaired) electrons. The average Bonchev–Trinajstić information content (AvgIpc) is 3.06. The van der Waals surface area contributed by atoms with Gasteiger partial charge in [-0.15, -0.1) is 11.8 Å². The lowest BCUT2D eigenvalue weighted by atomic mass is 10.1. The first-order valence-corrected chi connectivity index (χ1v) is 7.33. The number of nitrogens with zero attached hydrogens (tertiary/aromatic N) is 2. The van der Waals surface area contributed by atoms with E-state index >= 15 is 0 Å². The van der Waals surface area contributed by atoms with Crippen LogP contribution >= 0.6 is 11.8 Å². The summed E-state index contributed by atoms with van der Waals surface area (Å²) in [5, 5.41) is 0.668. The predicted molar refractivity (Wildman–Crippen MR) is 78.3 cm³/mol. The molecule has 0 amide bonds. The zero-order valence-electron chi connectivity index (χ0n) is 11.7.